The molecule has 0 spiro atoms. The monoisotopic (exact) mass is 308 g/mol. The summed E-state index contributed by atoms with van der Waals surface area (Å²) in [5.74, 6) is -1.89. The predicted molar refractivity (Wildman–Crippen MR) is 83.7 cm³/mol. The molecule has 0 saturated carbocycles. The second kappa shape index (κ2) is 7.97. The molecule has 1 aromatic carbocycles. The van der Waals surface area contributed by atoms with Crippen LogP contribution in [0, 0.1) is 11.6 Å². The molecule has 1 aliphatic rings. The van der Waals surface area contributed by atoms with Gasteiger partial charge in [0.15, 0.2) is 11.6 Å². The van der Waals surface area contributed by atoms with Gasteiger partial charge in [-0.25, -0.2) is 4.39 Å². The second-order valence-electron chi connectivity index (χ2n) is 5.31. The zero-order valence-electron chi connectivity index (χ0n) is 13.1. The largest absolute Gasteiger partial charge is 0.494 e. The first kappa shape index (κ1) is 16.5. The van der Waals surface area contributed by atoms with E-state index in [2.05, 4.69) is 6.92 Å². The van der Waals surface area contributed by atoms with Crippen molar-refractivity contribution in [3.63, 3.8) is 0 Å². The Labute approximate surface area is 130 Å². The van der Waals surface area contributed by atoms with E-state index < -0.39 is 11.6 Å². The summed E-state index contributed by atoms with van der Waals surface area (Å²) in [5.41, 5.74) is 1.51. The molecule has 0 saturated heterocycles. The maximum atomic E-state index is 13.9. The van der Waals surface area contributed by atoms with E-state index in [0.29, 0.717) is 6.61 Å². The van der Waals surface area contributed by atoms with Crippen LogP contribution in [0.25, 0.3) is 6.08 Å². The molecule has 0 radical (unpaired) electrons. The summed E-state index contributed by atoms with van der Waals surface area (Å²) >= 11 is 0. The van der Waals surface area contributed by atoms with Gasteiger partial charge in [0.2, 0.25) is 5.82 Å². The van der Waals surface area contributed by atoms with Crippen LogP contribution in [0.2, 0.25) is 0 Å². The number of hydrogen-bond acceptors (Lipinski definition) is 2. The number of ether oxygens (including phenoxy) is 2. The van der Waals surface area contributed by atoms with Gasteiger partial charge in [-0.1, -0.05) is 19.4 Å². The first-order valence-corrected chi connectivity index (χ1v) is 7.78. The van der Waals surface area contributed by atoms with Crippen molar-refractivity contribution >= 4 is 6.08 Å². The Bertz CT molecular complexity index is 564. The van der Waals surface area contributed by atoms with Crippen molar-refractivity contribution in [3.05, 3.63) is 47.2 Å². The van der Waals surface area contributed by atoms with Crippen molar-refractivity contribution in [1.29, 1.82) is 0 Å². The topological polar surface area (TPSA) is 18.5 Å². The fourth-order valence-corrected chi connectivity index (χ4v) is 2.44. The number of rotatable bonds is 6. The van der Waals surface area contributed by atoms with Gasteiger partial charge in [0.05, 0.1) is 12.9 Å². The van der Waals surface area contributed by atoms with Crippen molar-refractivity contribution in [3.8, 4) is 5.75 Å². The van der Waals surface area contributed by atoms with Gasteiger partial charge in [0.25, 0.3) is 0 Å². The number of hydrogen-bond donors (Lipinski definition) is 0. The zero-order valence-corrected chi connectivity index (χ0v) is 13.1. The van der Waals surface area contributed by atoms with Crippen LogP contribution in [0.5, 0.6) is 5.75 Å². The molecule has 0 amide bonds. The Morgan fingerprint density at radius 2 is 2.09 bits per heavy atom. The van der Waals surface area contributed by atoms with E-state index in [1.165, 1.54) is 17.7 Å². The fourth-order valence-electron chi connectivity index (χ4n) is 2.44. The zero-order chi connectivity index (χ0) is 15.9. The summed E-state index contributed by atoms with van der Waals surface area (Å²) < 4.78 is 38.4. The molecule has 0 aliphatic carbocycles. The Morgan fingerprint density at radius 1 is 1.27 bits per heavy atom. The molecule has 1 heterocycles. The molecular formula is C18H22F2O2. The fraction of sp³-hybridized carbons (Fsp3) is 0.444. The molecule has 1 aromatic rings. The van der Waals surface area contributed by atoms with Gasteiger partial charge in [0.1, 0.15) is 6.10 Å². The van der Waals surface area contributed by atoms with Crippen LogP contribution in [-0.4, -0.2) is 12.7 Å². The molecular weight excluding hydrogens is 286 g/mol. The molecule has 1 aliphatic heterocycles. The number of benzene rings is 1. The molecule has 2 rings (SSSR count). The van der Waals surface area contributed by atoms with Crippen LogP contribution < -0.4 is 4.74 Å². The van der Waals surface area contributed by atoms with Crippen LogP contribution in [-0.2, 0) is 4.74 Å². The SMILES string of the molecule is CCCC1=COC(/C=C/c2ccc(OCC)c(F)c2F)CC1. The van der Waals surface area contributed by atoms with Gasteiger partial charge < -0.3 is 9.47 Å². The first-order valence-electron chi connectivity index (χ1n) is 7.78. The van der Waals surface area contributed by atoms with Gasteiger partial charge in [-0.05, 0) is 50.0 Å². The number of halogens is 2. The highest BCUT2D eigenvalue weighted by Gasteiger charge is 2.15. The quantitative estimate of drug-likeness (QED) is 0.715. The minimum Gasteiger partial charge on any atom is -0.494 e. The maximum Gasteiger partial charge on any atom is 0.201 e. The van der Waals surface area contributed by atoms with Crippen molar-refractivity contribution in [2.45, 2.75) is 45.6 Å². The third-order valence-corrected chi connectivity index (χ3v) is 3.60. The standard InChI is InChI=1S/C18H22F2O2/c1-3-5-13-6-9-15(22-12-13)10-7-14-8-11-16(21-4-2)18(20)17(14)19/h7-8,10-12,15H,3-6,9H2,1-2H3/b10-7+. The third-order valence-electron chi connectivity index (χ3n) is 3.60. The van der Waals surface area contributed by atoms with E-state index in [1.807, 2.05) is 0 Å². The minimum absolute atomic E-state index is 0.0572. The molecule has 0 fully saturated rings. The molecule has 1 atom stereocenters. The van der Waals surface area contributed by atoms with Crippen molar-refractivity contribution in [1.82, 2.24) is 0 Å². The molecule has 2 nitrogen and oxygen atoms in total. The lowest BCUT2D eigenvalue weighted by molar-refractivity contribution is 0.159. The summed E-state index contributed by atoms with van der Waals surface area (Å²) in [4.78, 5) is 0. The summed E-state index contributed by atoms with van der Waals surface area (Å²) in [7, 11) is 0. The normalized spacial score (nSPS) is 18.2. The molecule has 120 valence electrons. The third kappa shape index (κ3) is 4.09. The Kier molecular flexibility index (Phi) is 5.99. The van der Waals surface area contributed by atoms with Crippen LogP contribution >= 0.6 is 0 Å². The van der Waals surface area contributed by atoms with Crippen molar-refractivity contribution < 1.29 is 18.3 Å². The Balaban J connectivity index is 2.04. The Morgan fingerprint density at radius 3 is 2.73 bits per heavy atom. The lowest BCUT2D eigenvalue weighted by Crippen LogP contribution is -2.11. The first-order chi connectivity index (χ1) is 10.7. The predicted octanol–water partition coefficient (Wildman–Crippen LogP) is 5.24. The Hall–Kier alpha value is -1.84. The van der Waals surface area contributed by atoms with Gasteiger partial charge >= 0.3 is 0 Å². The maximum absolute atomic E-state index is 13.9. The van der Waals surface area contributed by atoms with Crippen molar-refractivity contribution in [2.75, 3.05) is 6.61 Å². The average Bonchev–Trinajstić information content (AvgIpc) is 2.53. The van der Waals surface area contributed by atoms with Gasteiger partial charge in [-0.2, -0.15) is 4.39 Å². The van der Waals surface area contributed by atoms with E-state index in [-0.39, 0.29) is 17.4 Å². The summed E-state index contributed by atoms with van der Waals surface area (Å²) in [6.07, 6.45) is 9.06. The smallest absolute Gasteiger partial charge is 0.201 e. The molecule has 4 heteroatoms. The van der Waals surface area contributed by atoms with Crippen molar-refractivity contribution in [2.24, 2.45) is 0 Å². The highest BCUT2D eigenvalue weighted by atomic mass is 19.2. The van der Waals surface area contributed by atoms with Gasteiger partial charge in [0, 0.05) is 5.56 Å². The summed E-state index contributed by atoms with van der Waals surface area (Å²) in [6.45, 7) is 4.16. The average molecular weight is 308 g/mol. The van der Waals surface area contributed by atoms with E-state index in [9.17, 15) is 8.78 Å². The highest BCUT2D eigenvalue weighted by molar-refractivity contribution is 5.52. The molecule has 0 N–H and O–H groups in total. The van der Waals surface area contributed by atoms with E-state index >= 15 is 0 Å². The van der Waals surface area contributed by atoms with E-state index in [4.69, 9.17) is 9.47 Å². The molecule has 1 unspecified atom stereocenters. The van der Waals surface area contributed by atoms with Crippen LogP contribution in [0.4, 0.5) is 8.78 Å². The molecule has 0 bridgehead atoms. The molecule has 0 aromatic heterocycles. The van der Waals surface area contributed by atoms with Crippen LogP contribution in [0.15, 0.2) is 30.0 Å². The van der Waals surface area contributed by atoms with Crippen LogP contribution in [0.1, 0.15) is 45.1 Å². The summed E-state index contributed by atoms with van der Waals surface area (Å²) in [5, 5.41) is 0. The number of allylic oxidation sites excluding steroid dienone is 1. The minimum atomic E-state index is -0.946. The highest BCUT2D eigenvalue weighted by Crippen LogP contribution is 2.25. The second-order valence-corrected chi connectivity index (χ2v) is 5.31. The van der Waals surface area contributed by atoms with E-state index in [1.54, 1.807) is 25.3 Å². The summed E-state index contributed by atoms with van der Waals surface area (Å²) in [6, 6.07) is 2.96. The lowest BCUT2D eigenvalue weighted by Gasteiger charge is -2.20. The van der Waals surface area contributed by atoms with Gasteiger partial charge in [-0.3, -0.25) is 0 Å². The van der Waals surface area contributed by atoms with Crippen LogP contribution in [0.3, 0.4) is 0 Å². The molecule has 22 heavy (non-hydrogen) atoms. The van der Waals surface area contributed by atoms with Gasteiger partial charge in [-0.15, -0.1) is 0 Å². The lowest BCUT2D eigenvalue weighted by atomic mass is 10.0. The van der Waals surface area contributed by atoms with E-state index in [0.717, 1.165) is 25.7 Å².